The van der Waals surface area contributed by atoms with Crippen molar-refractivity contribution < 1.29 is 9.53 Å². The molecule has 0 aromatic heterocycles. The summed E-state index contributed by atoms with van der Waals surface area (Å²) < 4.78 is 5.57. The summed E-state index contributed by atoms with van der Waals surface area (Å²) in [4.78, 5) is 14.4. The zero-order valence-corrected chi connectivity index (χ0v) is 12.3. The summed E-state index contributed by atoms with van der Waals surface area (Å²) >= 11 is 0. The molecule has 2 unspecified atom stereocenters. The number of carbonyl (C=O) groups is 1. The first-order valence-electron chi connectivity index (χ1n) is 7.37. The predicted molar refractivity (Wildman–Crippen MR) is 72.5 cm³/mol. The van der Waals surface area contributed by atoms with Gasteiger partial charge in [-0.3, -0.25) is 0 Å². The number of carbonyl (C=O) groups excluding carboxylic acids is 1. The Labute approximate surface area is 111 Å². The van der Waals surface area contributed by atoms with Gasteiger partial charge in [0, 0.05) is 12.1 Å². The van der Waals surface area contributed by atoms with Crippen LogP contribution in [0.4, 0.5) is 4.79 Å². The normalized spacial score (nSPS) is 30.9. The summed E-state index contributed by atoms with van der Waals surface area (Å²) in [6.45, 7) is 8.96. The number of rotatable bonds is 3. The summed E-state index contributed by atoms with van der Waals surface area (Å²) in [5.74, 6) is 0.717. The maximum Gasteiger partial charge on any atom is 0.410 e. The van der Waals surface area contributed by atoms with Gasteiger partial charge in [-0.2, -0.15) is 0 Å². The first-order chi connectivity index (χ1) is 8.36. The third-order valence-corrected chi connectivity index (χ3v) is 4.31. The fourth-order valence-electron chi connectivity index (χ4n) is 3.52. The zero-order chi connectivity index (χ0) is 13.4. The molecule has 1 amide bonds. The minimum atomic E-state index is -0.384. The molecule has 1 saturated heterocycles. The van der Waals surface area contributed by atoms with E-state index in [-0.39, 0.29) is 17.2 Å². The molecule has 2 fully saturated rings. The van der Waals surface area contributed by atoms with E-state index in [1.165, 1.54) is 32.1 Å². The van der Waals surface area contributed by atoms with Crippen molar-refractivity contribution in [1.82, 2.24) is 4.90 Å². The van der Waals surface area contributed by atoms with E-state index < -0.39 is 0 Å². The number of hydrogen-bond acceptors (Lipinski definition) is 2. The molecule has 1 saturated carbocycles. The van der Waals surface area contributed by atoms with E-state index >= 15 is 0 Å². The lowest BCUT2D eigenvalue weighted by molar-refractivity contribution is 0.00104. The Morgan fingerprint density at radius 2 is 2.17 bits per heavy atom. The van der Waals surface area contributed by atoms with Gasteiger partial charge in [0.05, 0.1) is 0 Å². The summed E-state index contributed by atoms with van der Waals surface area (Å²) in [5, 5.41) is 0. The second-order valence-electron chi connectivity index (χ2n) is 7.03. The first kappa shape index (κ1) is 13.7. The lowest BCUT2D eigenvalue weighted by Crippen LogP contribution is -2.49. The van der Waals surface area contributed by atoms with Crippen LogP contribution >= 0.6 is 0 Å². The van der Waals surface area contributed by atoms with Crippen LogP contribution in [0.1, 0.15) is 66.2 Å². The molecule has 1 aliphatic heterocycles. The van der Waals surface area contributed by atoms with Gasteiger partial charge in [0.1, 0.15) is 5.60 Å². The number of piperidine rings is 1. The molecule has 3 heteroatoms. The Kier molecular flexibility index (Phi) is 3.61. The van der Waals surface area contributed by atoms with Crippen LogP contribution in [0.15, 0.2) is 0 Å². The first-order valence-corrected chi connectivity index (χ1v) is 7.37. The molecule has 3 nitrogen and oxygen atoms in total. The summed E-state index contributed by atoms with van der Waals surface area (Å²) in [6, 6.07) is 0. The lowest BCUT2D eigenvalue weighted by atomic mass is 9.90. The fourth-order valence-corrected chi connectivity index (χ4v) is 3.52. The molecule has 18 heavy (non-hydrogen) atoms. The maximum atomic E-state index is 12.3. The highest BCUT2D eigenvalue weighted by atomic mass is 16.6. The van der Waals surface area contributed by atoms with E-state index in [1.807, 2.05) is 25.7 Å². The molecular weight excluding hydrogens is 226 g/mol. The van der Waals surface area contributed by atoms with Gasteiger partial charge < -0.3 is 9.64 Å². The van der Waals surface area contributed by atoms with Crippen LogP contribution in [-0.4, -0.2) is 28.7 Å². The molecule has 2 aliphatic rings. The molecule has 0 radical (unpaired) electrons. The van der Waals surface area contributed by atoms with E-state index in [4.69, 9.17) is 4.74 Å². The predicted octanol–water partition coefficient (Wildman–Crippen LogP) is 3.97. The van der Waals surface area contributed by atoms with Gasteiger partial charge in [-0.05, 0) is 52.4 Å². The average Bonchev–Trinajstić information content (AvgIpc) is 2.81. The number of unbranched alkanes of at least 4 members (excludes halogenated alkanes) is 1. The highest BCUT2D eigenvalue weighted by Crippen LogP contribution is 2.49. The topological polar surface area (TPSA) is 29.5 Å². The number of ether oxygens (including phenoxy) is 1. The van der Waals surface area contributed by atoms with Crippen molar-refractivity contribution in [2.24, 2.45) is 5.92 Å². The molecule has 0 aromatic carbocycles. The minimum Gasteiger partial charge on any atom is -0.444 e. The molecule has 0 N–H and O–H groups in total. The van der Waals surface area contributed by atoms with Gasteiger partial charge in [-0.25, -0.2) is 4.79 Å². The van der Waals surface area contributed by atoms with Crippen LogP contribution in [0.25, 0.3) is 0 Å². The van der Waals surface area contributed by atoms with Crippen molar-refractivity contribution in [3.8, 4) is 0 Å². The summed E-state index contributed by atoms with van der Waals surface area (Å²) in [5.41, 5.74) is -0.256. The molecule has 0 spiro atoms. The van der Waals surface area contributed by atoms with Gasteiger partial charge >= 0.3 is 6.09 Å². The Morgan fingerprint density at radius 1 is 1.44 bits per heavy atom. The third kappa shape index (κ3) is 2.65. The number of fused-ring (bicyclic) bond motifs is 2. The molecular formula is C15H27NO2. The second kappa shape index (κ2) is 4.75. The van der Waals surface area contributed by atoms with Gasteiger partial charge in [-0.15, -0.1) is 0 Å². The van der Waals surface area contributed by atoms with Crippen molar-refractivity contribution in [2.45, 2.75) is 77.4 Å². The Bertz CT molecular complexity index is 321. The molecule has 104 valence electrons. The molecule has 2 bridgehead atoms. The molecule has 1 heterocycles. The average molecular weight is 253 g/mol. The van der Waals surface area contributed by atoms with E-state index in [1.54, 1.807) is 0 Å². The van der Waals surface area contributed by atoms with Crippen molar-refractivity contribution in [3.05, 3.63) is 0 Å². The monoisotopic (exact) mass is 253 g/mol. The zero-order valence-electron chi connectivity index (χ0n) is 12.3. The lowest BCUT2D eigenvalue weighted by Gasteiger charge is -2.39. The van der Waals surface area contributed by atoms with Crippen molar-refractivity contribution in [3.63, 3.8) is 0 Å². The standard InChI is InChI=1S/C15H27NO2/c1-5-6-8-15-9-7-12(10-15)11-16(15)13(17)18-14(2,3)4/h12H,5-11H2,1-4H3. The summed E-state index contributed by atoms with van der Waals surface area (Å²) in [6.07, 6.45) is 7.15. The van der Waals surface area contributed by atoms with Gasteiger partial charge in [0.15, 0.2) is 0 Å². The molecule has 2 atom stereocenters. The van der Waals surface area contributed by atoms with Crippen LogP contribution < -0.4 is 0 Å². The molecule has 1 aliphatic carbocycles. The van der Waals surface area contributed by atoms with Crippen LogP contribution in [0, 0.1) is 5.92 Å². The number of hydrogen-bond donors (Lipinski definition) is 0. The van der Waals surface area contributed by atoms with E-state index in [0.29, 0.717) is 0 Å². The summed E-state index contributed by atoms with van der Waals surface area (Å²) in [7, 11) is 0. The minimum absolute atomic E-state index is 0.0965. The van der Waals surface area contributed by atoms with Crippen LogP contribution in [0.5, 0.6) is 0 Å². The van der Waals surface area contributed by atoms with Crippen LogP contribution in [0.2, 0.25) is 0 Å². The van der Waals surface area contributed by atoms with Crippen LogP contribution in [0.3, 0.4) is 0 Å². The second-order valence-corrected chi connectivity index (χ2v) is 7.03. The number of nitrogens with zero attached hydrogens (tertiary/aromatic N) is 1. The highest BCUT2D eigenvalue weighted by Gasteiger charge is 2.52. The van der Waals surface area contributed by atoms with E-state index in [9.17, 15) is 4.79 Å². The van der Waals surface area contributed by atoms with Gasteiger partial charge in [-0.1, -0.05) is 19.8 Å². The highest BCUT2D eigenvalue weighted by molar-refractivity contribution is 5.70. The van der Waals surface area contributed by atoms with E-state index in [2.05, 4.69) is 6.92 Å². The smallest absolute Gasteiger partial charge is 0.410 e. The van der Waals surface area contributed by atoms with Crippen molar-refractivity contribution in [1.29, 1.82) is 0 Å². The SMILES string of the molecule is CCCCC12CCC(CN1C(=O)OC(C)(C)C)C2. The number of amides is 1. The quantitative estimate of drug-likeness (QED) is 0.761. The fraction of sp³-hybridized carbons (Fsp3) is 0.933. The van der Waals surface area contributed by atoms with Gasteiger partial charge in [0.2, 0.25) is 0 Å². The Hall–Kier alpha value is -0.730. The largest absolute Gasteiger partial charge is 0.444 e. The Morgan fingerprint density at radius 3 is 2.72 bits per heavy atom. The molecule has 2 rings (SSSR count). The third-order valence-electron chi connectivity index (χ3n) is 4.31. The van der Waals surface area contributed by atoms with Crippen LogP contribution in [-0.2, 0) is 4.74 Å². The molecule has 0 aromatic rings. The maximum absolute atomic E-state index is 12.3. The van der Waals surface area contributed by atoms with Crippen molar-refractivity contribution >= 4 is 6.09 Å². The number of likely N-dealkylation sites (tertiary alicyclic amines) is 1. The van der Waals surface area contributed by atoms with Gasteiger partial charge in [0.25, 0.3) is 0 Å². The van der Waals surface area contributed by atoms with Crippen molar-refractivity contribution in [2.75, 3.05) is 6.54 Å². The Balaban J connectivity index is 2.05. The van der Waals surface area contributed by atoms with E-state index in [0.717, 1.165) is 18.9 Å².